The Bertz CT molecular complexity index is 442. The van der Waals surface area contributed by atoms with E-state index in [-0.39, 0.29) is 6.10 Å². The van der Waals surface area contributed by atoms with Gasteiger partial charge in [0, 0.05) is 13.3 Å². The van der Waals surface area contributed by atoms with Gasteiger partial charge in [-0.25, -0.2) is 4.79 Å². The number of hydrogen-bond donors (Lipinski definition) is 0. The SMILES string of the molecule is CC(=O)O[C@H]1C[C@@H](COCc2ccccc2)OC1=O. The summed E-state index contributed by atoms with van der Waals surface area (Å²) >= 11 is 0. The van der Waals surface area contributed by atoms with Gasteiger partial charge < -0.3 is 14.2 Å². The monoisotopic (exact) mass is 264 g/mol. The average molecular weight is 264 g/mol. The minimum absolute atomic E-state index is 0.304. The molecule has 19 heavy (non-hydrogen) atoms. The largest absolute Gasteiger partial charge is 0.457 e. The van der Waals surface area contributed by atoms with Crippen molar-refractivity contribution in [2.24, 2.45) is 0 Å². The summed E-state index contributed by atoms with van der Waals surface area (Å²) in [5, 5.41) is 0. The smallest absolute Gasteiger partial charge is 0.347 e. The third-order valence-corrected chi connectivity index (χ3v) is 2.75. The number of cyclic esters (lactones) is 1. The van der Waals surface area contributed by atoms with Crippen molar-refractivity contribution >= 4 is 11.9 Å². The zero-order valence-corrected chi connectivity index (χ0v) is 10.7. The van der Waals surface area contributed by atoms with Crippen LogP contribution in [0.4, 0.5) is 0 Å². The maximum Gasteiger partial charge on any atom is 0.347 e. The molecule has 1 fully saturated rings. The predicted molar refractivity (Wildman–Crippen MR) is 66.1 cm³/mol. The Morgan fingerprint density at radius 1 is 1.37 bits per heavy atom. The summed E-state index contributed by atoms with van der Waals surface area (Å²) in [5.41, 5.74) is 1.06. The fraction of sp³-hybridized carbons (Fsp3) is 0.429. The van der Waals surface area contributed by atoms with Crippen LogP contribution in [0.2, 0.25) is 0 Å². The minimum Gasteiger partial charge on any atom is -0.457 e. The first-order chi connectivity index (χ1) is 9.15. The van der Waals surface area contributed by atoms with Gasteiger partial charge in [0.2, 0.25) is 6.10 Å². The van der Waals surface area contributed by atoms with Gasteiger partial charge in [-0.1, -0.05) is 30.3 Å². The summed E-state index contributed by atoms with van der Waals surface area (Å²) in [5.74, 6) is -0.976. The average Bonchev–Trinajstić information content (AvgIpc) is 2.70. The number of carbonyl (C=O) groups is 2. The van der Waals surface area contributed by atoms with E-state index in [1.54, 1.807) is 0 Å². The number of ether oxygens (including phenoxy) is 3. The van der Waals surface area contributed by atoms with Crippen LogP contribution < -0.4 is 0 Å². The summed E-state index contributed by atoms with van der Waals surface area (Å²) in [6.07, 6.45) is -0.781. The van der Waals surface area contributed by atoms with Gasteiger partial charge in [-0.2, -0.15) is 0 Å². The van der Waals surface area contributed by atoms with E-state index in [0.717, 1.165) is 5.56 Å². The van der Waals surface area contributed by atoms with E-state index in [1.807, 2.05) is 30.3 Å². The maximum absolute atomic E-state index is 11.4. The van der Waals surface area contributed by atoms with Crippen LogP contribution in [0.3, 0.4) is 0 Å². The van der Waals surface area contributed by atoms with Gasteiger partial charge in [0.1, 0.15) is 6.10 Å². The molecular weight excluding hydrogens is 248 g/mol. The molecule has 102 valence electrons. The van der Waals surface area contributed by atoms with Gasteiger partial charge in [0.15, 0.2) is 0 Å². The van der Waals surface area contributed by atoms with Crippen molar-refractivity contribution in [3.05, 3.63) is 35.9 Å². The lowest BCUT2D eigenvalue weighted by atomic mass is 10.2. The third-order valence-electron chi connectivity index (χ3n) is 2.75. The molecule has 1 aliphatic rings. The van der Waals surface area contributed by atoms with E-state index in [1.165, 1.54) is 6.92 Å². The van der Waals surface area contributed by atoms with Gasteiger partial charge in [-0.15, -0.1) is 0 Å². The van der Waals surface area contributed by atoms with Crippen LogP contribution in [0.15, 0.2) is 30.3 Å². The van der Waals surface area contributed by atoms with E-state index in [9.17, 15) is 9.59 Å². The van der Waals surface area contributed by atoms with Crippen molar-refractivity contribution in [3.63, 3.8) is 0 Å². The lowest BCUT2D eigenvalue weighted by molar-refractivity contribution is -0.160. The molecule has 0 spiro atoms. The second-order valence-electron chi connectivity index (χ2n) is 4.39. The van der Waals surface area contributed by atoms with E-state index < -0.39 is 18.0 Å². The van der Waals surface area contributed by atoms with Crippen LogP contribution in [-0.4, -0.2) is 30.8 Å². The highest BCUT2D eigenvalue weighted by Gasteiger charge is 2.36. The molecule has 0 aromatic heterocycles. The van der Waals surface area contributed by atoms with Crippen molar-refractivity contribution in [3.8, 4) is 0 Å². The molecule has 0 radical (unpaired) electrons. The molecule has 0 N–H and O–H groups in total. The van der Waals surface area contributed by atoms with Crippen LogP contribution in [-0.2, 0) is 30.4 Å². The molecule has 0 saturated carbocycles. The van der Waals surface area contributed by atoms with E-state index in [4.69, 9.17) is 14.2 Å². The Morgan fingerprint density at radius 3 is 2.79 bits per heavy atom. The fourth-order valence-electron chi connectivity index (χ4n) is 1.90. The van der Waals surface area contributed by atoms with E-state index in [2.05, 4.69) is 0 Å². The van der Waals surface area contributed by atoms with Gasteiger partial charge in [0.05, 0.1) is 13.2 Å². The van der Waals surface area contributed by atoms with Crippen molar-refractivity contribution in [2.75, 3.05) is 6.61 Å². The molecule has 0 bridgehead atoms. The molecule has 0 aliphatic carbocycles. The van der Waals surface area contributed by atoms with Crippen LogP contribution in [0, 0.1) is 0 Å². The Labute approximate surface area is 111 Å². The van der Waals surface area contributed by atoms with Crippen LogP contribution >= 0.6 is 0 Å². The van der Waals surface area contributed by atoms with Gasteiger partial charge in [-0.05, 0) is 5.56 Å². The van der Waals surface area contributed by atoms with Gasteiger partial charge >= 0.3 is 11.9 Å². The molecule has 5 heteroatoms. The van der Waals surface area contributed by atoms with Crippen LogP contribution in [0.1, 0.15) is 18.9 Å². The molecule has 1 heterocycles. The highest BCUT2D eigenvalue weighted by atomic mass is 16.6. The predicted octanol–water partition coefficient (Wildman–Crippen LogP) is 1.45. The molecule has 0 unspecified atom stereocenters. The van der Waals surface area contributed by atoms with Crippen LogP contribution in [0.5, 0.6) is 0 Å². The number of carbonyl (C=O) groups excluding carboxylic acids is 2. The van der Waals surface area contributed by atoms with Crippen molar-refractivity contribution in [1.82, 2.24) is 0 Å². The molecule has 1 saturated heterocycles. The lowest BCUT2D eigenvalue weighted by Gasteiger charge is -2.09. The molecule has 1 aliphatic heterocycles. The minimum atomic E-state index is -0.789. The first-order valence-corrected chi connectivity index (χ1v) is 6.14. The summed E-state index contributed by atoms with van der Waals surface area (Å²) in [6, 6.07) is 9.73. The molecule has 2 rings (SSSR count). The third kappa shape index (κ3) is 4.06. The zero-order chi connectivity index (χ0) is 13.7. The lowest BCUT2D eigenvalue weighted by Crippen LogP contribution is -2.21. The first kappa shape index (κ1) is 13.5. The number of hydrogen-bond acceptors (Lipinski definition) is 5. The second-order valence-corrected chi connectivity index (χ2v) is 4.39. The molecule has 5 nitrogen and oxygen atoms in total. The van der Waals surface area contributed by atoms with Crippen molar-refractivity contribution in [1.29, 1.82) is 0 Å². The summed E-state index contributed by atoms with van der Waals surface area (Å²) in [6.45, 7) is 2.04. The van der Waals surface area contributed by atoms with Crippen LogP contribution in [0.25, 0.3) is 0 Å². The maximum atomic E-state index is 11.4. The molecular formula is C14H16O5. The van der Waals surface area contributed by atoms with Crippen molar-refractivity contribution < 1.29 is 23.8 Å². The standard InChI is InChI=1S/C14H16O5/c1-10(15)18-13-7-12(19-14(13)16)9-17-8-11-5-3-2-4-6-11/h2-6,12-13H,7-9H2,1H3/t12-,13-/m0/s1. The molecule has 1 aromatic rings. The highest BCUT2D eigenvalue weighted by molar-refractivity contribution is 5.80. The number of benzene rings is 1. The zero-order valence-electron chi connectivity index (χ0n) is 10.7. The number of esters is 2. The second kappa shape index (κ2) is 6.33. The normalized spacial score (nSPS) is 22.1. The Balaban J connectivity index is 1.73. The summed E-state index contributed by atoms with van der Waals surface area (Å²) in [4.78, 5) is 22.2. The highest BCUT2D eigenvalue weighted by Crippen LogP contribution is 2.18. The molecule has 2 atom stereocenters. The van der Waals surface area contributed by atoms with Gasteiger partial charge in [0.25, 0.3) is 0 Å². The number of rotatable bonds is 5. The van der Waals surface area contributed by atoms with Gasteiger partial charge in [-0.3, -0.25) is 4.79 Å². The quantitative estimate of drug-likeness (QED) is 0.753. The first-order valence-electron chi connectivity index (χ1n) is 6.14. The summed E-state index contributed by atoms with van der Waals surface area (Å²) < 4.78 is 15.4. The molecule has 0 amide bonds. The molecule has 1 aromatic carbocycles. The van der Waals surface area contributed by atoms with E-state index in [0.29, 0.717) is 19.6 Å². The Kier molecular flexibility index (Phi) is 4.52. The topological polar surface area (TPSA) is 61.8 Å². The Morgan fingerprint density at radius 2 is 2.11 bits per heavy atom. The summed E-state index contributed by atoms with van der Waals surface area (Å²) in [7, 11) is 0. The fourth-order valence-corrected chi connectivity index (χ4v) is 1.90. The van der Waals surface area contributed by atoms with Crippen molar-refractivity contribution in [2.45, 2.75) is 32.2 Å². The van der Waals surface area contributed by atoms with E-state index >= 15 is 0 Å². The Hall–Kier alpha value is -1.88.